The Labute approximate surface area is 126 Å². The van der Waals surface area contributed by atoms with Crippen LogP contribution < -0.4 is 11.1 Å². The van der Waals surface area contributed by atoms with Crippen LogP contribution in [-0.2, 0) is 9.47 Å². The number of nitrogen functional groups attached to an aromatic ring is 1. The highest BCUT2D eigenvalue weighted by molar-refractivity contribution is 5.97. The second-order valence-corrected chi connectivity index (χ2v) is 5.09. The molecule has 0 fully saturated rings. The fraction of sp³-hybridized carbons (Fsp3) is 0.533. The number of carbonyl (C=O) groups is 1. The monoisotopic (exact) mass is 295 g/mol. The number of methoxy groups -OCH3 is 1. The Morgan fingerprint density at radius 1 is 1.33 bits per heavy atom. The second-order valence-electron chi connectivity index (χ2n) is 5.09. The summed E-state index contributed by atoms with van der Waals surface area (Å²) in [6.07, 6.45) is 0. The van der Waals surface area contributed by atoms with Crippen LogP contribution >= 0.6 is 0 Å². The number of nitrogens with one attached hydrogen (secondary N) is 1. The molecule has 0 unspecified atom stereocenters. The number of rotatable bonds is 8. The van der Waals surface area contributed by atoms with Gasteiger partial charge in [0.05, 0.1) is 25.9 Å². The normalized spacial score (nSPS) is 10.7. The molecule has 0 aliphatic heterocycles. The molecule has 0 aromatic heterocycles. The summed E-state index contributed by atoms with van der Waals surface area (Å²) in [4.78, 5) is 13.7. The number of benzene rings is 1. The van der Waals surface area contributed by atoms with Gasteiger partial charge in [0, 0.05) is 24.5 Å². The van der Waals surface area contributed by atoms with Gasteiger partial charge in [-0.05, 0) is 38.7 Å². The van der Waals surface area contributed by atoms with Crippen LogP contribution in [-0.4, -0.2) is 58.4 Å². The number of aryl methyl sites for hydroxylation is 1. The third-order valence-electron chi connectivity index (χ3n) is 3.05. The van der Waals surface area contributed by atoms with Crippen molar-refractivity contribution in [1.82, 2.24) is 4.90 Å². The quantitative estimate of drug-likeness (QED) is 0.428. The molecule has 6 nitrogen and oxygen atoms in total. The van der Waals surface area contributed by atoms with E-state index in [1.165, 1.54) is 7.11 Å². The van der Waals surface area contributed by atoms with Gasteiger partial charge in [-0.2, -0.15) is 0 Å². The van der Waals surface area contributed by atoms with Crippen LogP contribution in [0.3, 0.4) is 0 Å². The first-order valence-corrected chi connectivity index (χ1v) is 6.90. The van der Waals surface area contributed by atoms with Crippen LogP contribution in [0.4, 0.5) is 11.4 Å². The molecule has 1 rings (SSSR count). The van der Waals surface area contributed by atoms with Gasteiger partial charge < -0.3 is 25.4 Å². The van der Waals surface area contributed by atoms with E-state index in [4.69, 9.17) is 15.2 Å². The zero-order valence-electron chi connectivity index (χ0n) is 13.2. The second kappa shape index (κ2) is 8.49. The molecule has 0 spiro atoms. The first-order valence-electron chi connectivity index (χ1n) is 6.90. The van der Waals surface area contributed by atoms with Gasteiger partial charge in [0.2, 0.25) is 0 Å². The van der Waals surface area contributed by atoms with Crippen molar-refractivity contribution in [2.24, 2.45) is 0 Å². The molecule has 0 heterocycles. The lowest BCUT2D eigenvalue weighted by Gasteiger charge is -2.13. The number of hydrogen-bond donors (Lipinski definition) is 2. The maximum atomic E-state index is 11.7. The summed E-state index contributed by atoms with van der Waals surface area (Å²) in [6, 6.07) is 3.61. The molecule has 0 saturated heterocycles. The lowest BCUT2D eigenvalue weighted by atomic mass is 10.1. The van der Waals surface area contributed by atoms with Crippen molar-refractivity contribution < 1.29 is 14.3 Å². The van der Waals surface area contributed by atoms with Gasteiger partial charge in [0.25, 0.3) is 0 Å². The minimum absolute atomic E-state index is 0.383. The summed E-state index contributed by atoms with van der Waals surface area (Å²) in [6.45, 7) is 4.72. The molecule has 6 heteroatoms. The van der Waals surface area contributed by atoms with Crippen molar-refractivity contribution in [2.75, 3.05) is 58.6 Å². The molecular formula is C15H25N3O3. The van der Waals surface area contributed by atoms with Crippen LogP contribution in [0.5, 0.6) is 0 Å². The smallest absolute Gasteiger partial charge is 0.340 e. The van der Waals surface area contributed by atoms with E-state index in [2.05, 4.69) is 10.2 Å². The van der Waals surface area contributed by atoms with E-state index in [0.29, 0.717) is 31.0 Å². The number of esters is 1. The molecule has 0 aliphatic rings. The number of carbonyl (C=O) groups excluding carboxylic acids is 1. The number of ether oxygens (including phenoxy) is 2. The maximum Gasteiger partial charge on any atom is 0.340 e. The Morgan fingerprint density at radius 2 is 2.05 bits per heavy atom. The van der Waals surface area contributed by atoms with Crippen LogP contribution in [0.15, 0.2) is 12.1 Å². The van der Waals surface area contributed by atoms with Crippen molar-refractivity contribution in [1.29, 1.82) is 0 Å². The van der Waals surface area contributed by atoms with E-state index in [-0.39, 0.29) is 0 Å². The van der Waals surface area contributed by atoms with Gasteiger partial charge in [0.1, 0.15) is 0 Å². The minimum atomic E-state index is -0.429. The van der Waals surface area contributed by atoms with Crippen molar-refractivity contribution in [3.05, 3.63) is 23.3 Å². The average Bonchev–Trinajstić information content (AvgIpc) is 2.45. The van der Waals surface area contributed by atoms with E-state index in [0.717, 1.165) is 17.8 Å². The lowest BCUT2D eigenvalue weighted by molar-refractivity contribution is 0.0602. The van der Waals surface area contributed by atoms with Crippen molar-refractivity contribution in [2.45, 2.75) is 6.92 Å². The van der Waals surface area contributed by atoms with Crippen molar-refractivity contribution in [3.63, 3.8) is 0 Å². The summed E-state index contributed by atoms with van der Waals surface area (Å²) in [5.74, 6) is -0.429. The fourth-order valence-electron chi connectivity index (χ4n) is 1.80. The van der Waals surface area contributed by atoms with Crippen molar-refractivity contribution >= 4 is 17.3 Å². The summed E-state index contributed by atoms with van der Waals surface area (Å²) >= 11 is 0. The van der Waals surface area contributed by atoms with Crippen LogP contribution in [0, 0.1) is 6.92 Å². The number of nitrogens with two attached hydrogens (primary N) is 1. The number of hydrogen-bond acceptors (Lipinski definition) is 6. The van der Waals surface area contributed by atoms with E-state index in [9.17, 15) is 4.79 Å². The van der Waals surface area contributed by atoms with Gasteiger partial charge >= 0.3 is 5.97 Å². The SMILES string of the molecule is COC(=O)c1cc(NCCOCCN(C)C)cc(C)c1N. The molecule has 21 heavy (non-hydrogen) atoms. The average molecular weight is 295 g/mol. The Hall–Kier alpha value is -1.79. The molecule has 0 saturated carbocycles. The fourth-order valence-corrected chi connectivity index (χ4v) is 1.80. The molecule has 0 atom stereocenters. The van der Waals surface area contributed by atoms with Gasteiger partial charge in [0.15, 0.2) is 0 Å². The van der Waals surface area contributed by atoms with E-state index in [1.54, 1.807) is 6.07 Å². The third kappa shape index (κ3) is 5.61. The predicted octanol–water partition coefficient (Wildman–Crippen LogP) is 1.35. The Kier molecular flexibility index (Phi) is 6.98. The van der Waals surface area contributed by atoms with Crippen LogP contribution in [0.1, 0.15) is 15.9 Å². The molecule has 1 aromatic rings. The lowest BCUT2D eigenvalue weighted by Crippen LogP contribution is -2.20. The molecule has 3 N–H and O–H groups in total. The summed E-state index contributed by atoms with van der Waals surface area (Å²) < 4.78 is 10.2. The number of nitrogens with zero attached hydrogens (tertiary/aromatic N) is 1. The standard InChI is InChI=1S/C15H25N3O3/c1-11-9-12(10-13(14(11)16)15(19)20-4)17-5-7-21-8-6-18(2)3/h9-10,17H,5-8,16H2,1-4H3. The van der Waals surface area contributed by atoms with Gasteiger partial charge in [-0.15, -0.1) is 0 Å². The highest BCUT2D eigenvalue weighted by atomic mass is 16.5. The third-order valence-corrected chi connectivity index (χ3v) is 3.05. The first kappa shape index (κ1) is 17.3. The zero-order chi connectivity index (χ0) is 15.8. The van der Waals surface area contributed by atoms with Gasteiger partial charge in [-0.25, -0.2) is 4.79 Å². The van der Waals surface area contributed by atoms with E-state index in [1.807, 2.05) is 27.1 Å². The Morgan fingerprint density at radius 3 is 2.67 bits per heavy atom. The highest BCUT2D eigenvalue weighted by Crippen LogP contribution is 2.23. The highest BCUT2D eigenvalue weighted by Gasteiger charge is 2.13. The predicted molar refractivity (Wildman–Crippen MR) is 84.8 cm³/mol. The number of likely N-dealkylation sites (N-methyl/N-ethyl adjacent to an activating group) is 1. The molecule has 0 radical (unpaired) electrons. The van der Waals surface area contributed by atoms with Crippen molar-refractivity contribution in [3.8, 4) is 0 Å². The largest absolute Gasteiger partial charge is 0.465 e. The summed E-state index contributed by atoms with van der Waals surface area (Å²) in [7, 11) is 5.36. The Bertz CT molecular complexity index is 475. The zero-order valence-corrected chi connectivity index (χ0v) is 13.2. The summed E-state index contributed by atoms with van der Waals surface area (Å²) in [5, 5.41) is 3.22. The number of anilines is 2. The molecule has 1 aromatic carbocycles. The van der Waals surface area contributed by atoms with Crippen LogP contribution in [0.25, 0.3) is 0 Å². The van der Waals surface area contributed by atoms with Gasteiger partial charge in [-0.3, -0.25) is 0 Å². The first-order chi connectivity index (χ1) is 9.95. The van der Waals surface area contributed by atoms with Crippen LogP contribution in [0.2, 0.25) is 0 Å². The Balaban J connectivity index is 2.52. The van der Waals surface area contributed by atoms with E-state index >= 15 is 0 Å². The summed E-state index contributed by atoms with van der Waals surface area (Å²) in [5.41, 5.74) is 8.40. The molecular weight excluding hydrogens is 270 g/mol. The molecule has 0 amide bonds. The molecule has 0 bridgehead atoms. The maximum absolute atomic E-state index is 11.7. The van der Waals surface area contributed by atoms with E-state index < -0.39 is 5.97 Å². The van der Waals surface area contributed by atoms with Gasteiger partial charge in [-0.1, -0.05) is 0 Å². The topological polar surface area (TPSA) is 76.8 Å². The molecule has 118 valence electrons. The minimum Gasteiger partial charge on any atom is -0.465 e. The molecule has 0 aliphatic carbocycles.